The minimum Gasteiger partial charge on any atom is -0.361 e. The molecular weight excluding hydrogens is 116 g/mol. The molecule has 2 heteroatoms. The molecule has 1 aliphatic rings. The Bertz CT molecular complexity index is 166. The minimum atomic E-state index is -0.508. The standard InChI is InChI=1S/C7H10O2/c1-5(2)6(8)7(3)4-9-7/h1,4H2,2-3H3. The normalized spacial score (nSPS) is 31.8. The third kappa shape index (κ3) is 1.03. The van der Waals surface area contributed by atoms with Gasteiger partial charge in [-0.15, -0.1) is 0 Å². The van der Waals surface area contributed by atoms with E-state index >= 15 is 0 Å². The highest BCUT2D eigenvalue weighted by atomic mass is 16.6. The quantitative estimate of drug-likeness (QED) is 0.406. The summed E-state index contributed by atoms with van der Waals surface area (Å²) in [4.78, 5) is 11.0. The van der Waals surface area contributed by atoms with Crippen LogP contribution in [-0.4, -0.2) is 18.0 Å². The predicted octanol–water partition coefficient (Wildman–Crippen LogP) is 0.920. The molecule has 1 heterocycles. The second-order valence-corrected chi connectivity index (χ2v) is 2.63. The van der Waals surface area contributed by atoms with Crippen LogP contribution in [0.25, 0.3) is 0 Å². The average molecular weight is 126 g/mol. The van der Waals surface area contributed by atoms with Crippen LogP contribution in [0.15, 0.2) is 12.2 Å². The maximum absolute atomic E-state index is 11.0. The molecule has 9 heavy (non-hydrogen) atoms. The largest absolute Gasteiger partial charge is 0.361 e. The van der Waals surface area contributed by atoms with Gasteiger partial charge in [-0.2, -0.15) is 0 Å². The zero-order chi connectivity index (χ0) is 7.07. The van der Waals surface area contributed by atoms with Crippen LogP contribution in [0.4, 0.5) is 0 Å². The van der Waals surface area contributed by atoms with Crippen LogP contribution in [0.2, 0.25) is 0 Å². The Hall–Kier alpha value is -0.630. The molecule has 50 valence electrons. The first-order valence-electron chi connectivity index (χ1n) is 2.90. The van der Waals surface area contributed by atoms with E-state index in [0.717, 1.165) is 0 Å². The van der Waals surface area contributed by atoms with Crippen molar-refractivity contribution in [3.8, 4) is 0 Å². The maximum Gasteiger partial charge on any atom is 0.191 e. The summed E-state index contributed by atoms with van der Waals surface area (Å²) in [6, 6.07) is 0. The second kappa shape index (κ2) is 1.67. The molecule has 0 bridgehead atoms. The van der Waals surface area contributed by atoms with Crippen molar-refractivity contribution >= 4 is 5.78 Å². The van der Waals surface area contributed by atoms with Crippen molar-refractivity contribution in [2.75, 3.05) is 6.61 Å². The highest BCUT2D eigenvalue weighted by Gasteiger charge is 2.46. The van der Waals surface area contributed by atoms with E-state index in [4.69, 9.17) is 4.74 Å². The lowest BCUT2D eigenvalue weighted by Crippen LogP contribution is -2.20. The van der Waals surface area contributed by atoms with Gasteiger partial charge in [-0.25, -0.2) is 0 Å². The number of rotatable bonds is 2. The number of Topliss-reactive ketones (excluding diaryl/α,β-unsaturated/α-hetero) is 1. The van der Waals surface area contributed by atoms with Crippen molar-refractivity contribution in [3.05, 3.63) is 12.2 Å². The van der Waals surface area contributed by atoms with Crippen molar-refractivity contribution in [1.82, 2.24) is 0 Å². The molecule has 1 rings (SSSR count). The fourth-order valence-electron chi connectivity index (χ4n) is 0.691. The van der Waals surface area contributed by atoms with E-state index < -0.39 is 5.60 Å². The van der Waals surface area contributed by atoms with Crippen molar-refractivity contribution < 1.29 is 9.53 Å². The van der Waals surface area contributed by atoms with Crippen molar-refractivity contribution in [3.63, 3.8) is 0 Å². The molecule has 0 aromatic rings. The molecule has 0 spiro atoms. The lowest BCUT2D eigenvalue weighted by molar-refractivity contribution is -0.119. The van der Waals surface area contributed by atoms with Gasteiger partial charge in [0.15, 0.2) is 11.4 Å². The summed E-state index contributed by atoms with van der Waals surface area (Å²) >= 11 is 0. The maximum atomic E-state index is 11.0. The fourth-order valence-corrected chi connectivity index (χ4v) is 0.691. The van der Waals surface area contributed by atoms with Gasteiger partial charge in [0, 0.05) is 0 Å². The van der Waals surface area contributed by atoms with Gasteiger partial charge in [0.05, 0.1) is 6.61 Å². The van der Waals surface area contributed by atoms with Crippen LogP contribution in [0, 0.1) is 0 Å². The van der Waals surface area contributed by atoms with E-state index in [9.17, 15) is 4.79 Å². The van der Waals surface area contributed by atoms with Gasteiger partial charge >= 0.3 is 0 Å². The molecule has 1 aliphatic heterocycles. The molecule has 0 aliphatic carbocycles. The van der Waals surface area contributed by atoms with Gasteiger partial charge in [-0.05, 0) is 19.4 Å². The Labute approximate surface area is 54.5 Å². The van der Waals surface area contributed by atoms with Crippen LogP contribution in [-0.2, 0) is 9.53 Å². The lowest BCUT2D eigenvalue weighted by atomic mass is 10.0. The number of ketones is 1. The molecule has 0 amide bonds. The monoisotopic (exact) mass is 126 g/mol. The van der Waals surface area contributed by atoms with Crippen molar-refractivity contribution in [2.45, 2.75) is 19.4 Å². The van der Waals surface area contributed by atoms with Crippen LogP contribution in [0.1, 0.15) is 13.8 Å². The first-order valence-corrected chi connectivity index (χ1v) is 2.90. The van der Waals surface area contributed by atoms with E-state index in [0.29, 0.717) is 12.2 Å². The fraction of sp³-hybridized carbons (Fsp3) is 0.571. The Morgan fingerprint density at radius 2 is 2.22 bits per heavy atom. The van der Waals surface area contributed by atoms with Gasteiger partial charge in [-0.1, -0.05) is 6.58 Å². The van der Waals surface area contributed by atoms with E-state index in [1.165, 1.54) is 0 Å². The topological polar surface area (TPSA) is 29.6 Å². The molecule has 0 aromatic heterocycles. The van der Waals surface area contributed by atoms with Crippen molar-refractivity contribution in [2.24, 2.45) is 0 Å². The van der Waals surface area contributed by atoms with Gasteiger partial charge in [0.2, 0.25) is 0 Å². The van der Waals surface area contributed by atoms with Crippen LogP contribution >= 0.6 is 0 Å². The summed E-state index contributed by atoms with van der Waals surface area (Å²) in [5, 5.41) is 0. The van der Waals surface area contributed by atoms with E-state index in [-0.39, 0.29) is 5.78 Å². The molecule has 1 atom stereocenters. The number of hydrogen-bond donors (Lipinski definition) is 0. The highest BCUT2D eigenvalue weighted by Crippen LogP contribution is 2.28. The lowest BCUT2D eigenvalue weighted by Gasteiger charge is -2.00. The Morgan fingerprint density at radius 3 is 2.33 bits per heavy atom. The number of epoxide rings is 1. The second-order valence-electron chi connectivity index (χ2n) is 2.63. The molecule has 0 radical (unpaired) electrons. The summed E-state index contributed by atoms with van der Waals surface area (Å²) < 4.78 is 4.91. The van der Waals surface area contributed by atoms with Crippen LogP contribution in [0.3, 0.4) is 0 Å². The average Bonchev–Trinajstić information content (AvgIpc) is 2.47. The van der Waals surface area contributed by atoms with Crippen LogP contribution < -0.4 is 0 Å². The zero-order valence-corrected chi connectivity index (χ0v) is 5.73. The summed E-state index contributed by atoms with van der Waals surface area (Å²) in [5.74, 6) is 0.0301. The summed E-state index contributed by atoms with van der Waals surface area (Å²) in [6.07, 6.45) is 0. The number of carbonyl (C=O) groups excluding carboxylic acids is 1. The Balaban J connectivity index is 2.63. The van der Waals surface area contributed by atoms with Gasteiger partial charge in [-0.3, -0.25) is 4.79 Å². The summed E-state index contributed by atoms with van der Waals surface area (Å²) in [7, 11) is 0. The minimum absolute atomic E-state index is 0.0301. The first kappa shape index (κ1) is 6.49. The van der Waals surface area contributed by atoms with Gasteiger partial charge in [0.25, 0.3) is 0 Å². The number of hydrogen-bond acceptors (Lipinski definition) is 2. The van der Waals surface area contributed by atoms with Crippen molar-refractivity contribution in [1.29, 1.82) is 0 Å². The smallest absolute Gasteiger partial charge is 0.191 e. The van der Waals surface area contributed by atoms with Crippen LogP contribution in [0.5, 0.6) is 0 Å². The van der Waals surface area contributed by atoms with E-state index in [1.54, 1.807) is 13.8 Å². The Kier molecular flexibility index (Phi) is 1.21. The summed E-state index contributed by atoms with van der Waals surface area (Å²) in [5.41, 5.74) is 0.0706. The third-order valence-electron chi connectivity index (χ3n) is 1.45. The third-order valence-corrected chi connectivity index (χ3v) is 1.45. The molecule has 1 saturated heterocycles. The molecule has 1 unspecified atom stereocenters. The molecule has 0 N–H and O–H groups in total. The molecule has 1 fully saturated rings. The number of ether oxygens (including phenoxy) is 1. The predicted molar refractivity (Wildman–Crippen MR) is 34.2 cm³/mol. The van der Waals surface area contributed by atoms with E-state index in [2.05, 4.69) is 6.58 Å². The van der Waals surface area contributed by atoms with Gasteiger partial charge in [0.1, 0.15) is 0 Å². The molecule has 0 aromatic carbocycles. The SMILES string of the molecule is C=C(C)C(=O)C1(C)CO1. The number of carbonyl (C=O) groups is 1. The van der Waals surface area contributed by atoms with Gasteiger partial charge < -0.3 is 4.74 Å². The Morgan fingerprint density at radius 1 is 1.78 bits per heavy atom. The zero-order valence-electron chi connectivity index (χ0n) is 5.73. The molecule has 0 saturated carbocycles. The molecular formula is C7H10O2. The van der Waals surface area contributed by atoms with E-state index in [1.807, 2.05) is 0 Å². The highest BCUT2D eigenvalue weighted by molar-refractivity contribution is 6.02. The molecule has 2 nitrogen and oxygen atoms in total. The summed E-state index contributed by atoms with van der Waals surface area (Å²) in [6.45, 7) is 7.57. The first-order chi connectivity index (χ1) is 4.06.